The van der Waals surface area contributed by atoms with Crippen LogP contribution in [0.3, 0.4) is 0 Å². The molecule has 0 aromatic heterocycles. The van der Waals surface area contributed by atoms with E-state index in [1.807, 2.05) is 6.92 Å². The van der Waals surface area contributed by atoms with Crippen molar-refractivity contribution < 1.29 is 8.42 Å². The van der Waals surface area contributed by atoms with Gasteiger partial charge in [0.25, 0.3) is 0 Å². The van der Waals surface area contributed by atoms with Crippen LogP contribution in [0.15, 0.2) is 0 Å². The van der Waals surface area contributed by atoms with Crippen molar-refractivity contribution in [1.29, 1.82) is 0 Å². The number of sulfonamides is 1. The molecule has 0 aromatic rings. The Balaban J connectivity index is 1.78. The normalized spacial score (nSPS) is 31.6. The number of hydrogen-bond donors (Lipinski definition) is 0. The van der Waals surface area contributed by atoms with Gasteiger partial charge >= 0.3 is 0 Å². The molecule has 1 aliphatic carbocycles. The van der Waals surface area contributed by atoms with Gasteiger partial charge in [0.15, 0.2) is 0 Å². The van der Waals surface area contributed by atoms with Gasteiger partial charge in [0.05, 0.1) is 5.75 Å². The van der Waals surface area contributed by atoms with Crippen molar-refractivity contribution in [1.82, 2.24) is 4.31 Å². The second-order valence-electron chi connectivity index (χ2n) is 5.28. The van der Waals surface area contributed by atoms with Gasteiger partial charge in [-0.05, 0) is 18.8 Å². The largest absolute Gasteiger partial charge is 0.214 e. The first-order valence-corrected chi connectivity index (χ1v) is 8.24. The molecule has 2 atom stereocenters. The summed E-state index contributed by atoms with van der Waals surface area (Å²) in [7, 11) is -2.90. The van der Waals surface area contributed by atoms with Crippen molar-refractivity contribution >= 4 is 10.0 Å². The molecule has 1 aliphatic heterocycles. The zero-order chi connectivity index (χ0) is 11.6. The zero-order valence-electron chi connectivity index (χ0n) is 10.2. The van der Waals surface area contributed by atoms with Gasteiger partial charge in [0.1, 0.15) is 0 Å². The molecule has 2 fully saturated rings. The molecule has 1 heterocycles. The second kappa shape index (κ2) is 5.05. The maximum atomic E-state index is 11.8. The smallest absolute Gasteiger partial charge is 0.212 e. The Morgan fingerprint density at radius 1 is 1.19 bits per heavy atom. The summed E-state index contributed by atoms with van der Waals surface area (Å²) < 4.78 is 25.3. The second-order valence-corrected chi connectivity index (χ2v) is 7.32. The fourth-order valence-electron chi connectivity index (χ4n) is 2.88. The summed E-state index contributed by atoms with van der Waals surface area (Å²) in [6, 6.07) is 0.347. The summed E-state index contributed by atoms with van der Waals surface area (Å²) in [5.41, 5.74) is 0. The molecule has 3 nitrogen and oxygen atoms in total. The molecule has 0 N–H and O–H groups in total. The predicted octanol–water partition coefficient (Wildman–Crippen LogP) is 2.38. The highest BCUT2D eigenvalue weighted by atomic mass is 32.2. The molecule has 94 valence electrons. The third kappa shape index (κ3) is 2.98. The number of hydrogen-bond acceptors (Lipinski definition) is 2. The lowest BCUT2D eigenvalue weighted by atomic mass is 9.86. The highest BCUT2D eigenvalue weighted by molar-refractivity contribution is 7.89. The van der Waals surface area contributed by atoms with E-state index in [4.69, 9.17) is 0 Å². The van der Waals surface area contributed by atoms with Crippen LogP contribution >= 0.6 is 0 Å². The highest BCUT2D eigenvalue weighted by Gasteiger charge is 2.43. The monoisotopic (exact) mass is 245 g/mol. The van der Waals surface area contributed by atoms with Crippen LogP contribution in [-0.2, 0) is 10.0 Å². The molecule has 2 rings (SSSR count). The van der Waals surface area contributed by atoms with E-state index in [1.54, 1.807) is 4.31 Å². The average Bonchev–Trinajstić information content (AvgIpc) is 2.99. The molecule has 4 heteroatoms. The highest BCUT2D eigenvalue weighted by Crippen LogP contribution is 2.34. The van der Waals surface area contributed by atoms with Crippen molar-refractivity contribution in [3.8, 4) is 0 Å². The molecule has 0 amide bonds. The van der Waals surface area contributed by atoms with Gasteiger partial charge in [-0.15, -0.1) is 0 Å². The molecule has 0 radical (unpaired) electrons. The van der Waals surface area contributed by atoms with E-state index in [0.29, 0.717) is 11.8 Å². The van der Waals surface area contributed by atoms with Crippen LogP contribution < -0.4 is 0 Å². The summed E-state index contributed by atoms with van der Waals surface area (Å²) in [6.45, 7) is 2.72. The first kappa shape index (κ1) is 12.4. The fraction of sp³-hybridized carbons (Fsp3) is 1.00. The van der Waals surface area contributed by atoms with E-state index in [9.17, 15) is 8.42 Å². The summed E-state index contributed by atoms with van der Waals surface area (Å²) >= 11 is 0. The van der Waals surface area contributed by atoms with Gasteiger partial charge in [-0.25, -0.2) is 8.42 Å². The Labute approximate surface area is 99.3 Å². The van der Waals surface area contributed by atoms with Crippen LogP contribution in [0.25, 0.3) is 0 Å². The van der Waals surface area contributed by atoms with Crippen LogP contribution in [0.1, 0.15) is 51.9 Å². The summed E-state index contributed by atoms with van der Waals surface area (Å²) in [5, 5.41) is 0. The van der Waals surface area contributed by atoms with Crippen molar-refractivity contribution in [3.63, 3.8) is 0 Å². The SMILES string of the molecule is CCCS(=O)(=O)N1CC1CC1CCCCC1. The maximum absolute atomic E-state index is 11.8. The molecule has 1 saturated carbocycles. The quantitative estimate of drug-likeness (QED) is 0.697. The lowest BCUT2D eigenvalue weighted by Gasteiger charge is -2.21. The zero-order valence-corrected chi connectivity index (χ0v) is 11.0. The summed E-state index contributed by atoms with van der Waals surface area (Å²) in [4.78, 5) is 0. The lowest BCUT2D eigenvalue weighted by Crippen LogP contribution is -2.19. The first-order valence-electron chi connectivity index (χ1n) is 6.63. The van der Waals surface area contributed by atoms with Gasteiger partial charge in [-0.3, -0.25) is 0 Å². The van der Waals surface area contributed by atoms with Crippen LogP contribution in [0.5, 0.6) is 0 Å². The molecule has 0 spiro atoms. The number of rotatable bonds is 5. The van der Waals surface area contributed by atoms with Gasteiger partial charge in [0.2, 0.25) is 10.0 Å². The van der Waals surface area contributed by atoms with E-state index in [0.717, 1.165) is 25.3 Å². The van der Waals surface area contributed by atoms with Gasteiger partial charge in [-0.1, -0.05) is 39.0 Å². The van der Waals surface area contributed by atoms with E-state index >= 15 is 0 Å². The van der Waals surface area contributed by atoms with Crippen LogP contribution in [0.4, 0.5) is 0 Å². The topological polar surface area (TPSA) is 37.1 Å². The first-order chi connectivity index (χ1) is 7.63. The van der Waals surface area contributed by atoms with Crippen LogP contribution in [-0.4, -0.2) is 31.1 Å². The standard InChI is InChI=1S/C12H23NO2S/c1-2-8-16(14,15)13-10-12(13)9-11-6-4-3-5-7-11/h11-12H,2-10H2,1H3. The van der Waals surface area contributed by atoms with Crippen LogP contribution in [0, 0.1) is 5.92 Å². The number of nitrogens with zero attached hydrogens (tertiary/aromatic N) is 1. The molecule has 0 aromatic carbocycles. The molecule has 1 saturated heterocycles. The molecule has 16 heavy (non-hydrogen) atoms. The van der Waals surface area contributed by atoms with Crippen molar-refractivity contribution in [3.05, 3.63) is 0 Å². The molecule has 2 aliphatic rings. The third-order valence-corrected chi connectivity index (χ3v) is 5.90. The van der Waals surface area contributed by atoms with E-state index < -0.39 is 10.0 Å². The van der Waals surface area contributed by atoms with Crippen molar-refractivity contribution in [2.45, 2.75) is 57.9 Å². The Morgan fingerprint density at radius 3 is 2.50 bits per heavy atom. The summed E-state index contributed by atoms with van der Waals surface area (Å²) in [5.74, 6) is 1.12. The van der Waals surface area contributed by atoms with E-state index in [1.165, 1.54) is 32.1 Å². The predicted molar refractivity (Wildman–Crippen MR) is 65.8 cm³/mol. The van der Waals surface area contributed by atoms with E-state index in [2.05, 4.69) is 0 Å². The molecular formula is C12H23NO2S. The minimum absolute atomic E-state index is 0.328. The Kier molecular flexibility index (Phi) is 3.90. The molecule has 2 unspecified atom stereocenters. The minimum Gasteiger partial charge on any atom is -0.212 e. The molecular weight excluding hydrogens is 222 g/mol. The van der Waals surface area contributed by atoms with E-state index in [-0.39, 0.29) is 0 Å². The molecule has 0 bridgehead atoms. The van der Waals surface area contributed by atoms with Gasteiger partial charge < -0.3 is 0 Å². The Hall–Kier alpha value is -0.0900. The van der Waals surface area contributed by atoms with Crippen molar-refractivity contribution in [2.75, 3.05) is 12.3 Å². The van der Waals surface area contributed by atoms with Crippen LogP contribution in [0.2, 0.25) is 0 Å². The Morgan fingerprint density at radius 2 is 1.88 bits per heavy atom. The fourth-order valence-corrected chi connectivity index (χ4v) is 4.57. The third-order valence-electron chi connectivity index (χ3n) is 3.81. The lowest BCUT2D eigenvalue weighted by molar-refractivity contribution is 0.331. The van der Waals surface area contributed by atoms with Crippen molar-refractivity contribution in [2.24, 2.45) is 5.92 Å². The summed E-state index contributed by atoms with van der Waals surface area (Å²) in [6.07, 6.45) is 8.55. The van der Waals surface area contributed by atoms with Gasteiger partial charge in [0, 0.05) is 12.6 Å². The minimum atomic E-state index is -2.90. The maximum Gasteiger partial charge on any atom is 0.214 e. The van der Waals surface area contributed by atoms with Gasteiger partial charge in [-0.2, -0.15) is 4.31 Å². The average molecular weight is 245 g/mol. The Bertz CT molecular complexity index is 320.